The molecule has 8 rings (SSSR count). The van der Waals surface area contributed by atoms with E-state index in [2.05, 4.69) is 115 Å². The summed E-state index contributed by atoms with van der Waals surface area (Å²) in [7, 11) is 0. The highest BCUT2D eigenvalue weighted by molar-refractivity contribution is 6.17. The van der Waals surface area contributed by atoms with E-state index >= 15 is 0 Å². The van der Waals surface area contributed by atoms with E-state index in [1.54, 1.807) is 12.1 Å². The van der Waals surface area contributed by atoms with E-state index in [4.69, 9.17) is 0 Å². The third kappa shape index (κ3) is 4.10. The van der Waals surface area contributed by atoms with Gasteiger partial charge in [-0.1, -0.05) is 97.1 Å². The molecule has 0 aliphatic heterocycles. The lowest BCUT2D eigenvalue weighted by Gasteiger charge is -2.15. The Morgan fingerprint density at radius 2 is 1.14 bits per heavy atom. The Hall–Kier alpha value is -5.35. The first kappa shape index (κ1) is 26.3. The van der Waals surface area contributed by atoms with E-state index in [-0.39, 0.29) is 0 Å². The first-order valence-corrected chi connectivity index (χ1v) is 14.6. The van der Waals surface area contributed by atoms with Crippen LogP contribution in [0.1, 0.15) is 11.1 Å². The van der Waals surface area contributed by atoms with Crippen molar-refractivity contribution in [3.63, 3.8) is 0 Å². The predicted octanol–water partition coefficient (Wildman–Crippen LogP) is 11.8. The molecule has 0 saturated carbocycles. The van der Waals surface area contributed by atoms with Gasteiger partial charge in [-0.2, -0.15) is 13.2 Å². The summed E-state index contributed by atoms with van der Waals surface area (Å²) in [6, 6.07) is 45.7. The highest BCUT2D eigenvalue weighted by Crippen LogP contribution is 2.42. The first-order chi connectivity index (χ1) is 21.4. The second-order valence-corrected chi connectivity index (χ2v) is 11.3. The van der Waals surface area contributed by atoms with Crippen molar-refractivity contribution >= 4 is 43.4 Å². The lowest BCUT2D eigenvalue weighted by atomic mass is 9.94. The molecule has 1 nitrogen and oxygen atoms in total. The van der Waals surface area contributed by atoms with Crippen molar-refractivity contribution in [1.29, 1.82) is 0 Å². The van der Waals surface area contributed by atoms with Crippen LogP contribution in [0.25, 0.3) is 71.3 Å². The third-order valence-corrected chi connectivity index (χ3v) is 8.75. The summed E-state index contributed by atoms with van der Waals surface area (Å²) in [5.41, 5.74) is 7.94. The molecule has 0 bridgehead atoms. The Balaban J connectivity index is 1.41. The Bertz CT molecular complexity index is 2380. The van der Waals surface area contributed by atoms with Crippen LogP contribution in [0.5, 0.6) is 0 Å². The van der Waals surface area contributed by atoms with E-state index in [1.165, 1.54) is 27.5 Å². The van der Waals surface area contributed by atoms with Gasteiger partial charge in [0.1, 0.15) is 0 Å². The lowest BCUT2D eigenvalue weighted by Crippen LogP contribution is -2.04. The summed E-state index contributed by atoms with van der Waals surface area (Å²) in [5, 5.41) is 6.60. The van der Waals surface area contributed by atoms with Crippen molar-refractivity contribution in [2.75, 3.05) is 0 Å². The highest BCUT2D eigenvalue weighted by atomic mass is 19.4. The first-order valence-electron chi connectivity index (χ1n) is 14.6. The highest BCUT2D eigenvalue weighted by Gasteiger charge is 2.30. The molecule has 0 spiro atoms. The molecule has 212 valence electrons. The number of fused-ring (bicyclic) bond motifs is 5. The zero-order valence-corrected chi connectivity index (χ0v) is 23.9. The van der Waals surface area contributed by atoms with Crippen molar-refractivity contribution in [3.8, 4) is 27.9 Å². The average Bonchev–Trinajstić information content (AvgIpc) is 3.38. The topological polar surface area (TPSA) is 4.93 Å². The number of hydrogen-bond acceptors (Lipinski definition) is 0. The van der Waals surface area contributed by atoms with Gasteiger partial charge in [0.05, 0.1) is 22.3 Å². The Labute approximate surface area is 252 Å². The minimum atomic E-state index is -4.37. The predicted molar refractivity (Wildman–Crippen MR) is 176 cm³/mol. The van der Waals surface area contributed by atoms with Crippen LogP contribution in [-0.2, 0) is 6.18 Å². The molecule has 0 aliphatic rings. The van der Waals surface area contributed by atoms with Crippen molar-refractivity contribution in [3.05, 3.63) is 151 Å². The van der Waals surface area contributed by atoms with Crippen LogP contribution >= 0.6 is 0 Å². The van der Waals surface area contributed by atoms with Crippen LogP contribution in [-0.4, -0.2) is 4.57 Å². The number of aryl methyl sites for hydroxylation is 1. The number of para-hydroxylation sites is 1. The Morgan fingerprint density at radius 3 is 1.93 bits per heavy atom. The summed E-state index contributed by atoms with van der Waals surface area (Å²) >= 11 is 0. The smallest absolute Gasteiger partial charge is 0.309 e. The number of rotatable bonds is 3. The summed E-state index contributed by atoms with van der Waals surface area (Å²) in [4.78, 5) is 0. The standard InChI is InChI=1S/C40H26F3N/c1-25-9-2-3-12-30(25)32-15-8-18-38-39(32)33-13-4-5-16-36(33)44(38)37-17-7-11-28-23-27-10-6-14-31(34(27)24-35(28)37)26-19-21-29(22-20-26)40(41,42)43/h2-24H,1H3. The number of halogens is 3. The largest absolute Gasteiger partial charge is 0.416 e. The quantitative estimate of drug-likeness (QED) is 0.184. The van der Waals surface area contributed by atoms with Gasteiger partial charge in [0, 0.05) is 16.2 Å². The molecule has 1 heterocycles. The van der Waals surface area contributed by atoms with Gasteiger partial charge in [0.2, 0.25) is 0 Å². The van der Waals surface area contributed by atoms with Crippen molar-refractivity contribution in [2.24, 2.45) is 0 Å². The molecule has 0 amide bonds. The van der Waals surface area contributed by atoms with Gasteiger partial charge in [-0.3, -0.25) is 0 Å². The third-order valence-electron chi connectivity index (χ3n) is 8.75. The van der Waals surface area contributed by atoms with Crippen molar-refractivity contribution in [1.82, 2.24) is 4.57 Å². The number of benzene rings is 7. The second kappa shape index (κ2) is 9.85. The maximum absolute atomic E-state index is 13.3. The minimum absolute atomic E-state index is 0.648. The lowest BCUT2D eigenvalue weighted by molar-refractivity contribution is -0.137. The summed E-state index contributed by atoms with van der Waals surface area (Å²) in [6.07, 6.45) is -4.37. The summed E-state index contributed by atoms with van der Waals surface area (Å²) < 4.78 is 42.2. The van der Waals surface area contributed by atoms with E-state index in [0.29, 0.717) is 0 Å². The molecule has 8 aromatic rings. The normalized spacial score (nSPS) is 12.1. The number of hydrogen-bond donors (Lipinski definition) is 0. The van der Waals surface area contributed by atoms with Gasteiger partial charge in [-0.15, -0.1) is 0 Å². The van der Waals surface area contributed by atoms with Crippen LogP contribution in [0, 0.1) is 6.92 Å². The van der Waals surface area contributed by atoms with Crippen LogP contribution in [0.4, 0.5) is 13.2 Å². The minimum Gasteiger partial charge on any atom is -0.309 e. The Morgan fingerprint density at radius 1 is 0.500 bits per heavy atom. The molecule has 0 saturated heterocycles. The fraction of sp³-hybridized carbons (Fsp3) is 0.0500. The molecule has 0 aliphatic carbocycles. The van der Waals surface area contributed by atoms with E-state index in [1.807, 2.05) is 12.1 Å². The molecule has 7 aromatic carbocycles. The zero-order chi connectivity index (χ0) is 30.0. The summed E-state index contributed by atoms with van der Waals surface area (Å²) in [6.45, 7) is 2.15. The van der Waals surface area contributed by atoms with Gasteiger partial charge in [0.15, 0.2) is 0 Å². The van der Waals surface area contributed by atoms with E-state index < -0.39 is 11.7 Å². The molecule has 4 heteroatoms. The summed E-state index contributed by atoms with van der Waals surface area (Å²) in [5.74, 6) is 0. The average molecular weight is 578 g/mol. The van der Waals surface area contributed by atoms with Crippen LogP contribution in [0.2, 0.25) is 0 Å². The van der Waals surface area contributed by atoms with Gasteiger partial charge in [-0.25, -0.2) is 0 Å². The molecular formula is C40H26F3N. The molecule has 0 unspecified atom stereocenters. The van der Waals surface area contributed by atoms with E-state index in [0.717, 1.165) is 61.5 Å². The van der Waals surface area contributed by atoms with Crippen LogP contribution in [0.3, 0.4) is 0 Å². The second-order valence-electron chi connectivity index (χ2n) is 11.3. The maximum Gasteiger partial charge on any atom is 0.416 e. The molecule has 0 atom stereocenters. The van der Waals surface area contributed by atoms with Gasteiger partial charge in [0.25, 0.3) is 0 Å². The molecule has 44 heavy (non-hydrogen) atoms. The number of nitrogens with zero attached hydrogens (tertiary/aromatic N) is 1. The molecule has 0 N–H and O–H groups in total. The molecule has 0 fully saturated rings. The van der Waals surface area contributed by atoms with Gasteiger partial charge >= 0.3 is 6.18 Å². The molecule has 1 aromatic heterocycles. The van der Waals surface area contributed by atoms with Crippen molar-refractivity contribution in [2.45, 2.75) is 13.1 Å². The van der Waals surface area contributed by atoms with Gasteiger partial charge < -0.3 is 4.57 Å². The Kier molecular flexibility index (Phi) is 5.89. The SMILES string of the molecule is Cc1ccccc1-c1cccc2c1c1ccccc1n2-c1cccc2cc3cccc(-c4ccc(C(F)(F)F)cc4)c3cc12. The zero-order valence-electron chi connectivity index (χ0n) is 23.9. The molecule has 0 radical (unpaired) electrons. The van der Waals surface area contributed by atoms with Gasteiger partial charge in [-0.05, 0) is 93.4 Å². The maximum atomic E-state index is 13.3. The fourth-order valence-electron chi connectivity index (χ4n) is 6.70. The fourth-order valence-corrected chi connectivity index (χ4v) is 6.70. The van der Waals surface area contributed by atoms with Crippen LogP contribution < -0.4 is 0 Å². The monoisotopic (exact) mass is 577 g/mol. The number of alkyl halides is 3. The number of aromatic nitrogens is 1. The van der Waals surface area contributed by atoms with Crippen LogP contribution in [0.15, 0.2) is 140 Å². The van der Waals surface area contributed by atoms with Crippen molar-refractivity contribution < 1.29 is 13.2 Å². The molecular weight excluding hydrogens is 551 g/mol. The van der Waals surface area contributed by atoms with E-state index in [9.17, 15) is 13.2 Å².